The second-order valence-electron chi connectivity index (χ2n) is 6.51. The first-order chi connectivity index (χ1) is 12.2. The molecule has 2 aromatic heterocycles. The molecule has 0 bridgehead atoms. The normalized spacial score (nSPS) is 16.8. The molecule has 0 aromatic carbocycles. The molecule has 0 spiro atoms. The zero-order valence-electron chi connectivity index (χ0n) is 14.6. The number of aliphatic imine (C=N–C) groups is 1. The fraction of sp³-hybridized carbons (Fsp3) is 0.421. The van der Waals surface area contributed by atoms with E-state index in [-0.39, 0.29) is 6.10 Å². The van der Waals surface area contributed by atoms with Crippen molar-refractivity contribution in [3.05, 3.63) is 47.3 Å². The molecule has 0 N–H and O–H groups in total. The Morgan fingerprint density at radius 3 is 2.80 bits per heavy atom. The molecule has 0 amide bonds. The van der Waals surface area contributed by atoms with E-state index in [2.05, 4.69) is 20.9 Å². The number of nitrogens with zero attached hydrogens (tertiary/aromatic N) is 4. The molecule has 0 aliphatic carbocycles. The predicted octanol–water partition coefficient (Wildman–Crippen LogP) is 2.45. The van der Waals surface area contributed by atoms with Gasteiger partial charge < -0.3 is 14.4 Å². The minimum Gasteiger partial charge on any atom is -0.475 e. The second kappa shape index (κ2) is 6.80. The fourth-order valence-corrected chi connectivity index (χ4v) is 3.14. The molecule has 1 fully saturated rings. The number of hydrogen-bond acceptors (Lipinski definition) is 6. The first-order valence-corrected chi connectivity index (χ1v) is 8.70. The standard InChI is InChI=1S/C19H22N4O2/c1-13(2)25-18-10-16-15(11-21-18)12-22-19(16)14-3-4-20-17(9-14)23-5-7-24-8-6-23/h3-4,9-11,13H,5-8,12H2,1-2H3. The van der Waals surface area contributed by atoms with Gasteiger partial charge in [0, 0.05) is 48.2 Å². The Labute approximate surface area is 147 Å². The van der Waals surface area contributed by atoms with Crippen LogP contribution in [0.4, 0.5) is 5.82 Å². The van der Waals surface area contributed by atoms with Crippen LogP contribution in [0.25, 0.3) is 0 Å². The minimum atomic E-state index is 0.0983. The number of ether oxygens (including phenoxy) is 2. The Bertz CT molecular complexity index is 798. The fourth-order valence-electron chi connectivity index (χ4n) is 3.14. The molecule has 0 atom stereocenters. The van der Waals surface area contributed by atoms with Gasteiger partial charge in [-0.25, -0.2) is 9.97 Å². The second-order valence-corrected chi connectivity index (χ2v) is 6.51. The lowest BCUT2D eigenvalue weighted by molar-refractivity contribution is 0.122. The van der Waals surface area contributed by atoms with Gasteiger partial charge in [0.2, 0.25) is 5.88 Å². The molecule has 1 saturated heterocycles. The molecule has 2 aliphatic rings. The zero-order valence-corrected chi connectivity index (χ0v) is 14.6. The molecule has 6 heteroatoms. The molecule has 2 aromatic rings. The van der Waals surface area contributed by atoms with Gasteiger partial charge in [-0.1, -0.05) is 0 Å². The number of pyridine rings is 2. The van der Waals surface area contributed by atoms with Gasteiger partial charge in [-0.2, -0.15) is 0 Å². The van der Waals surface area contributed by atoms with Crippen LogP contribution in [-0.4, -0.2) is 48.1 Å². The summed E-state index contributed by atoms with van der Waals surface area (Å²) in [5, 5.41) is 0. The maximum absolute atomic E-state index is 5.74. The van der Waals surface area contributed by atoms with E-state index >= 15 is 0 Å². The smallest absolute Gasteiger partial charge is 0.214 e. The maximum atomic E-state index is 5.74. The summed E-state index contributed by atoms with van der Waals surface area (Å²) in [6, 6.07) is 6.12. The average Bonchev–Trinajstić information content (AvgIpc) is 3.05. The van der Waals surface area contributed by atoms with Gasteiger partial charge in [0.15, 0.2) is 0 Å². The highest BCUT2D eigenvalue weighted by atomic mass is 16.5. The number of aromatic nitrogens is 2. The van der Waals surface area contributed by atoms with Crippen molar-refractivity contribution in [3.8, 4) is 5.88 Å². The van der Waals surface area contributed by atoms with Crippen LogP contribution < -0.4 is 9.64 Å². The van der Waals surface area contributed by atoms with E-state index in [1.54, 1.807) is 0 Å². The van der Waals surface area contributed by atoms with E-state index < -0.39 is 0 Å². The maximum Gasteiger partial charge on any atom is 0.214 e. The molecule has 4 heterocycles. The van der Waals surface area contributed by atoms with Gasteiger partial charge in [0.05, 0.1) is 31.6 Å². The van der Waals surface area contributed by atoms with Gasteiger partial charge in [-0.3, -0.25) is 4.99 Å². The molecule has 6 nitrogen and oxygen atoms in total. The van der Waals surface area contributed by atoms with Crippen molar-refractivity contribution < 1.29 is 9.47 Å². The highest BCUT2D eigenvalue weighted by molar-refractivity contribution is 6.15. The van der Waals surface area contributed by atoms with Crippen molar-refractivity contribution in [2.24, 2.45) is 4.99 Å². The molecular weight excluding hydrogens is 316 g/mol. The lowest BCUT2D eigenvalue weighted by Gasteiger charge is -2.28. The van der Waals surface area contributed by atoms with Crippen LogP contribution in [0.2, 0.25) is 0 Å². The molecular formula is C19H22N4O2. The number of anilines is 1. The Hall–Kier alpha value is -2.47. The largest absolute Gasteiger partial charge is 0.475 e. The van der Waals surface area contributed by atoms with Crippen molar-refractivity contribution >= 4 is 11.5 Å². The summed E-state index contributed by atoms with van der Waals surface area (Å²) in [4.78, 5) is 15.9. The van der Waals surface area contributed by atoms with Crippen LogP contribution in [0.5, 0.6) is 5.88 Å². The molecule has 25 heavy (non-hydrogen) atoms. The summed E-state index contributed by atoms with van der Waals surface area (Å²) in [7, 11) is 0. The van der Waals surface area contributed by atoms with E-state index in [1.807, 2.05) is 38.4 Å². The quantitative estimate of drug-likeness (QED) is 0.857. The third-order valence-electron chi connectivity index (χ3n) is 4.33. The van der Waals surface area contributed by atoms with Crippen LogP contribution in [0.3, 0.4) is 0 Å². The average molecular weight is 338 g/mol. The lowest BCUT2D eigenvalue weighted by atomic mass is 10.0. The molecule has 0 saturated carbocycles. The van der Waals surface area contributed by atoms with Crippen LogP contribution in [0.1, 0.15) is 30.5 Å². The summed E-state index contributed by atoms with van der Waals surface area (Å²) < 4.78 is 11.2. The van der Waals surface area contributed by atoms with Crippen molar-refractivity contribution in [2.45, 2.75) is 26.5 Å². The van der Waals surface area contributed by atoms with Crippen molar-refractivity contribution in [1.29, 1.82) is 0 Å². The van der Waals surface area contributed by atoms with Crippen LogP contribution in [0, 0.1) is 0 Å². The first-order valence-electron chi connectivity index (χ1n) is 8.70. The Morgan fingerprint density at radius 1 is 1.16 bits per heavy atom. The number of morpholine rings is 1. The van der Waals surface area contributed by atoms with Gasteiger partial charge in [-0.15, -0.1) is 0 Å². The minimum absolute atomic E-state index is 0.0983. The monoisotopic (exact) mass is 338 g/mol. The van der Waals surface area contributed by atoms with Crippen molar-refractivity contribution in [1.82, 2.24) is 9.97 Å². The summed E-state index contributed by atoms with van der Waals surface area (Å²) in [6.07, 6.45) is 3.82. The molecule has 0 radical (unpaired) electrons. The van der Waals surface area contributed by atoms with Crippen molar-refractivity contribution in [2.75, 3.05) is 31.2 Å². The Kier molecular flexibility index (Phi) is 4.36. The summed E-state index contributed by atoms with van der Waals surface area (Å²) in [5.74, 6) is 1.62. The topological polar surface area (TPSA) is 59.8 Å². The van der Waals surface area contributed by atoms with E-state index in [1.165, 1.54) is 0 Å². The van der Waals surface area contributed by atoms with Gasteiger partial charge in [0.25, 0.3) is 0 Å². The summed E-state index contributed by atoms with van der Waals surface area (Å²) in [6.45, 7) is 7.90. The van der Waals surface area contributed by atoms with Gasteiger partial charge in [-0.05, 0) is 26.0 Å². The molecule has 0 unspecified atom stereocenters. The first kappa shape index (κ1) is 16.0. The molecule has 2 aliphatic heterocycles. The SMILES string of the molecule is CC(C)Oc1cc2c(cn1)CN=C2c1ccnc(N2CCOCC2)c1. The van der Waals surface area contributed by atoms with E-state index in [4.69, 9.17) is 14.5 Å². The number of hydrogen-bond donors (Lipinski definition) is 0. The number of fused-ring (bicyclic) bond motifs is 1. The van der Waals surface area contributed by atoms with E-state index in [0.29, 0.717) is 12.4 Å². The van der Waals surface area contributed by atoms with Crippen LogP contribution in [-0.2, 0) is 11.3 Å². The van der Waals surface area contributed by atoms with Gasteiger partial charge >= 0.3 is 0 Å². The van der Waals surface area contributed by atoms with E-state index in [0.717, 1.165) is 54.5 Å². The van der Waals surface area contributed by atoms with Gasteiger partial charge in [0.1, 0.15) is 5.82 Å². The summed E-state index contributed by atoms with van der Waals surface area (Å²) >= 11 is 0. The highest BCUT2D eigenvalue weighted by Gasteiger charge is 2.21. The molecule has 130 valence electrons. The zero-order chi connectivity index (χ0) is 17.2. The van der Waals surface area contributed by atoms with Crippen LogP contribution in [0.15, 0.2) is 35.6 Å². The Balaban J connectivity index is 1.64. The van der Waals surface area contributed by atoms with E-state index in [9.17, 15) is 0 Å². The Morgan fingerprint density at radius 2 is 2.00 bits per heavy atom. The lowest BCUT2D eigenvalue weighted by Crippen LogP contribution is -2.36. The predicted molar refractivity (Wildman–Crippen MR) is 96.6 cm³/mol. The number of rotatable bonds is 4. The third-order valence-corrected chi connectivity index (χ3v) is 4.33. The molecule has 4 rings (SSSR count). The highest BCUT2D eigenvalue weighted by Crippen LogP contribution is 2.27. The summed E-state index contributed by atoms with van der Waals surface area (Å²) in [5.41, 5.74) is 4.31. The van der Waals surface area contributed by atoms with Crippen LogP contribution >= 0.6 is 0 Å². The van der Waals surface area contributed by atoms with Crippen molar-refractivity contribution in [3.63, 3.8) is 0 Å². The third kappa shape index (κ3) is 3.35.